The number of hydrogen-bond donors (Lipinski definition) is 1. The van der Waals surface area contributed by atoms with Crippen molar-refractivity contribution < 1.29 is 14.3 Å². The van der Waals surface area contributed by atoms with Crippen molar-refractivity contribution in [2.75, 3.05) is 26.2 Å². The van der Waals surface area contributed by atoms with E-state index >= 15 is 0 Å². The van der Waals surface area contributed by atoms with Gasteiger partial charge in [-0.15, -0.1) is 0 Å². The number of carbonyl (C=O) groups is 1. The van der Waals surface area contributed by atoms with Gasteiger partial charge in [0.05, 0.1) is 13.2 Å². The summed E-state index contributed by atoms with van der Waals surface area (Å²) in [5.41, 5.74) is 1.92. The van der Waals surface area contributed by atoms with E-state index in [0.717, 1.165) is 25.1 Å². The van der Waals surface area contributed by atoms with Gasteiger partial charge in [-0.25, -0.2) is 9.69 Å². The Kier molecular flexibility index (Phi) is 5.29. The summed E-state index contributed by atoms with van der Waals surface area (Å²) < 4.78 is 11.1. The minimum Gasteiger partial charge on any atom is -0.479 e. The summed E-state index contributed by atoms with van der Waals surface area (Å²) in [5, 5.41) is 3.30. The Hall–Kier alpha value is -1.75. The van der Waals surface area contributed by atoms with E-state index in [9.17, 15) is 4.79 Å². The SMILES string of the molecule is CCOC1=CC=C(C2=CCNCC2)CN1C(=O)OC(C)(C)C. The Morgan fingerprint density at radius 2 is 2.09 bits per heavy atom. The molecule has 2 aliphatic rings. The highest BCUT2D eigenvalue weighted by molar-refractivity contribution is 5.71. The van der Waals surface area contributed by atoms with Crippen molar-refractivity contribution in [1.29, 1.82) is 0 Å². The van der Waals surface area contributed by atoms with Crippen LogP contribution in [0.2, 0.25) is 0 Å². The van der Waals surface area contributed by atoms with E-state index in [1.807, 2.05) is 39.8 Å². The minimum atomic E-state index is -0.524. The zero-order chi connectivity index (χ0) is 16.2. The Labute approximate surface area is 132 Å². The van der Waals surface area contributed by atoms with E-state index in [-0.39, 0.29) is 6.09 Å². The largest absolute Gasteiger partial charge is 0.479 e. The van der Waals surface area contributed by atoms with Crippen LogP contribution in [0.4, 0.5) is 4.79 Å². The van der Waals surface area contributed by atoms with Gasteiger partial charge in [-0.3, -0.25) is 0 Å². The van der Waals surface area contributed by atoms with Crippen LogP contribution in [0.25, 0.3) is 0 Å². The third-order valence-corrected chi connectivity index (χ3v) is 3.40. The predicted octanol–water partition coefficient (Wildman–Crippen LogP) is 2.96. The topological polar surface area (TPSA) is 50.8 Å². The number of ether oxygens (including phenoxy) is 2. The minimum absolute atomic E-state index is 0.368. The van der Waals surface area contributed by atoms with Gasteiger partial charge in [-0.1, -0.05) is 12.2 Å². The summed E-state index contributed by atoms with van der Waals surface area (Å²) in [6.45, 7) is 10.4. The molecule has 122 valence electrons. The molecule has 2 rings (SSSR count). The fourth-order valence-electron chi connectivity index (χ4n) is 2.43. The molecule has 2 aliphatic heterocycles. The number of nitrogens with zero attached hydrogens (tertiary/aromatic N) is 1. The molecule has 0 bridgehead atoms. The molecule has 0 radical (unpaired) electrons. The van der Waals surface area contributed by atoms with Crippen LogP contribution in [0.15, 0.2) is 35.3 Å². The molecule has 0 aromatic carbocycles. The number of amides is 1. The first-order valence-corrected chi connectivity index (χ1v) is 7.85. The zero-order valence-corrected chi connectivity index (χ0v) is 13.9. The van der Waals surface area contributed by atoms with Crippen LogP contribution in [-0.2, 0) is 9.47 Å². The van der Waals surface area contributed by atoms with Crippen molar-refractivity contribution in [1.82, 2.24) is 10.2 Å². The molecule has 1 amide bonds. The molecule has 0 saturated heterocycles. The molecule has 0 spiro atoms. The molecule has 0 saturated carbocycles. The third kappa shape index (κ3) is 4.37. The van der Waals surface area contributed by atoms with Crippen molar-refractivity contribution in [3.05, 3.63) is 35.3 Å². The van der Waals surface area contributed by atoms with Gasteiger partial charge < -0.3 is 14.8 Å². The monoisotopic (exact) mass is 306 g/mol. The molecular weight excluding hydrogens is 280 g/mol. The van der Waals surface area contributed by atoms with Crippen LogP contribution in [0, 0.1) is 0 Å². The molecule has 0 aromatic rings. The molecule has 5 heteroatoms. The first-order valence-electron chi connectivity index (χ1n) is 7.85. The highest BCUT2D eigenvalue weighted by Crippen LogP contribution is 2.25. The average Bonchev–Trinajstić information content (AvgIpc) is 2.47. The standard InChI is InChI=1S/C17H26N2O3/c1-5-21-15-7-6-14(13-8-10-18-11-9-13)12-19(15)16(20)22-17(2,3)4/h6-8,18H,5,9-12H2,1-4H3. The van der Waals surface area contributed by atoms with E-state index in [0.29, 0.717) is 19.0 Å². The Morgan fingerprint density at radius 3 is 2.68 bits per heavy atom. The first-order chi connectivity index (χ1) is 10.4. The lowest BCUT2D eigenvalue weighted by molar-refractivity contribution is 0.0177. The van der Waals surface area contributed by atoms with Gasteiger partial charge in [0.15, 0.2) is 5.88 Å². The second-order valence-corrected chi connectivity index (χ2v) is 6.38. The molecule has 0 atom stereocenters. The summed E-state index contributed by atoms with van der Waals surface area (Å²) in [6.07, 6.45) is 6.69. The number of carbonyl (C=O) groups excluding carboxylic acids is 1. The van der Waals surface area contributed by atoms with Gasteiger partial charge in [0.1, 0.15) is 5.60 Å². The highest BCUT2D eigenvalue weighted by Gasteiger charge is 2.29. The Balaban J connectivity index is 2.18. The molecule has 2 heterocycles. The van der Waals surface area contributed by atoms with Gasteiger partial charge in [-0.2, -0.15) is 0 Å². The summed E-state index contributed by atoms with van der Waals surface area (Å²) >= 11 is 0. The quantitative estimate of drug-likeness (QED) is 0.871. The van der Waals surface area contributed by atoms with Gasteiger partial charge in [0.25, 0.3) is 0 Å². The maximum absolute atomic E-state index is 12.5. The molecular formula is C17H26N2O3. The van der Waals surface area contributed by atoms with E-state index < -0.39 is 5.60 Å². The fraction of sp³-hybridized carbons (Fsp3) is 0.588. The van der Waals surface area contributed by atoms with Crippen molar-refractivity contribution in [3.8, 4) is 0 Å². The molecule has 5 nitrogen and oxygen atoms in total. The summed E-state index contributed by atoms with van der Waals surface area (Å²) in [4.78, 5) is 14.0. The van der Waals surface area contributed by atoms with E-state index in [1.54, 1.807) is 4.90 Å². The maximum Gasteiger partial charge on any atom is 0.417 e. The van der Waals surface area contributed by atoms with E-state index in [1.165, 1.54) is 5.57 Å². The Morgan fingerprint density at radius 1 is 1.32 bits per heavy atom. The summed E-state index contributed by atoms with van der Waals surface area (Å²) in [6, 6.07) is 0. The lowest BCUT2D eigenvalue weighted by Gasteiger charge is -2.32. The number of hydrogen-bond acceptors (Lipinski definition) is 4. The second-order valence-electron chi connectivity index (χ2n) is 6.38. The zero-order valence-electron chi connectivity index (χ0n) is 13.9. The van der Waals surface area contributed by atoms with Crippen LogP contribution in [0.3, 0.4) is 0 Å². The predicted molar refractivity (Wildman–Crippen MR) is 86.3 cm³/mol. The van der Waals surface area contributed by atoms with Crippen LogP contribution < -0.4 is 5.32 Å². The van der Waals surface area contributed by atoms with Gasteiger partial charge in [-0.05, 0) is 57.9 Å². The van der Waals surface area contributed by atoms with Crippen LogP contribution in [-0.4, -0.2) is 42.8 Å². The highest BCUT2D eigenvalue weighted by atomic mass is 16.6. The van der Waals surface area contributed by atoms with Crippen LogP contribution >= 0.6 is 0 Å². The number of allylic oxidation sites excluding steroid dienone is 2. The molecule has 1 N–H and O–H groups in total. The first kappa shape index (κ1) is 16.6. The molecule has 22 heavy (non-hydrogen) atoms. The number of rotatable bonds is 3. The lowest BCUT2D eigenvalue weighted by atomic mass is 9.98. The fourth-order valence-corrected chi connectivity index (χ4v) is 2.43. The summed E-state index contributed by atoms with van der Waals surface area (Å²) in [5.74, 6) is 0.551. The van der Waals surface area contributed by atoms with Gasteiger partial charge in [0, 0.05) is 6.54 Å². The van der Waals surface area contributed by atoms with Crippen molar-refractivity contribution in [2.24, 2.45) is 0 Å². The van der Waals surface area contributed by atoms with Crippen LogP contribution in [0.5, 0.6) is 0 Å². The molecule has 0 fully saturated rings. The third-order valence-electron chi connectivity index (χ3n) is 3.40. The smallest absolute Gasteiger partial charge is 0.417 e. The normalized spacial score (nSPS) is 19.1. The van der Waals surface area contributed by atoms with Crippen molar-refractivity contribution >= 4 is 6.09 Å². The van der Waals surface area contributed by atoms with Crippen molar-refractivity contribution in [2.45, 2.75) is 39.7 Å². The maximum atomic E-state index is 12.5. The van der Waals surface area contributed by atoms with E-state index in [2.05, 4.69) is 11.4 Å². The molecule has 0 unspecified atom stereocenters. The second kappa shape index (κ2) is 7.01. The lowest BCUT2D eigenvalue weighted by Crippen LogP contribution is -2.39. The van der Waals surface area contributed by atoms with Crippen LogP contribution in [0.1, 0.15) is 34.1 Å². The molecule has 0 aliphatic carbocycles. The summed E-state index contributed by atoms with van der Waals surface area (Å²) in [7, 11) is 0. The Bertz CT molecular complexity index is 512. The van der Waals surface area contributed by atoms with E-state index in [4.69, 9.17) is 9.47 Å². The molecule has 0 aromatic heterocycles. The average molecular weight is 306 g/mol. The van der Waals surface area contributed by atoms with Gasteiger partial charge >= 0.3 is 6.09 Å². The number of nitrogens with one attached hydrogen (secondary N) is 1. The van der Waals surface area contributed by atoms with Gasteiger partial charge in [0.2, 0.25) is 0 Å². The van der Waals surface area contributed by atoms with Crippen molar-refractivity contribution in [3.63, 3.8) is 0 Å².